The summed E-state index contributed by atoms with van der Waals surface area (Å²) < 4.78 is 0. The van der Waals surface area contributed by atoms with Gasteiger partial charge in [0, 0.05) is 17.8 Å². The van der Waals surface area contributed by atoms with E-state index in [-0.39, 0.29) is 0 Å². The van der Waals surface area contributed by atoms with Crippen LogP contribution in [0.2, 0.25) is 0 Å². The highest BCUT2D eigenvalue weighted by Gasteiger charge is 2.21. The van der Waals surface area contributed by atoms with Crippen LogP contribution in [-0.2, 0) is 0 Å². The van der Waals surface area contributed by atoms with E-state index in [1.54, 1.807) is 24.5 Å². The zero-order valence-corrected chi connectivity index (χ0v) is 10.8. The largest absolute Gasteiger partial charge is 0.385 e. The molecule has 0 aliphatic carbocycles. The van der Waals surface area contributed by atoms with E-state index >= 15 is 0 Å². The van der Waals surface area contributed by atoms with Crippen molar-refractivity contribution in [2.24, 2.45) is 0 Å². The minimum absolute atomic E-state index is 0.687. The van der Waals surface area contributed by atoms with E-state index in [0.717, 1.165) is 10.8 Å². The molecular formula is C17H15NO2. The van der Waals surface area contributed by atoms with Crippen molar-refractivity contribution in [1.29, 1.82) is 0 Å². The van der Waals surface area contributed by atoms with Gasteiger partial charge in [0.05, 0.1) is 0 Å². The van der Waals surface area contributed by atoms with Crippen LogP contribution in [0.1, 0.15) is 23.3 Å². The Hall–Kier alpha value is -2.23. The Morgan fingerprint density at radius 2 is 1.60 bits per heavy atom. The summed E-state index contributed by atoms with van der Waals surface area (Å²) in [5.74, 6) is 0. The molecule has 0 spiro atoms. The monoisotopic (exact) mass is 265 g/mol. The van der Waals surface area contributed by atoms with E-state index in [1.165, 1.54) is 0 Å². The smallest absolute Gasteiger partial charge is 0.110 e. The molecule has 3 aromatic rings. The van der Waals surface area contributed by atoms with E-state index in [0.29, 0.717) is 11.1 Å². The Kier molecular flexibility index (Phi) is 3.46. The molecule has 0 saturated heterocycles. The van der Waals surface area contributed by atoms with Crippen LogP contribution in [0, 0.1) is 0 Å². The van der Waals surface area contributed by atoms with E-state index in [9.17, 15) is 10.2 Å². The van der Waals surface area contributed by atoms with Crippen LogP contribution < -0.4 is 0 Å². The number of fused-ring (bicyclic) bond motifs is 1. The van der Waals surface area contributed by atoms with Crippen molar-refractivity contribution in [2.75, 3.05) is 0 Å². The van der Waals surface area contributed by atoms with Gasteiger partial charge in [0.25, 0.3) is 0 Å². The number of rotatable bonds is 3. The number of benzene rings is 2. The molecule has 1 aromatic heterocycles. The molecule has 0 radical (unpaired) electrons. The number of pyridine rings is 1. The van der Waals surface area contributed by atoms with Crippen LogP contribution in [0.25, 0.3) is 10.8 Å². The molecule has 0 saturated carbocycles. The summed E-state index contributed by atoms with van der Waals surface area (Å²) in [5.41, 5.74) is 1.38. The summed E-state index contributed by atoms with van der Waals surface area (Å²) in [6.45, 7) is 0. The lowest BCUT2D eigenvalue weighted by atomic mass is 9.95. The van der Waals surface area contributed by atoms with Crippen LogP contribution in [0.5, 0.6) is 0 Å². The third-order valence-corrected chi connectivity index (χ3v) is 3.48. The lowest BCUT2D eigenvalue weighted by molar-refractivity contribution is 0.0181. The van der Waals surface area contributed by atoms with Gasteiger partial charge in [-0.15, -0.1) is 0 Å². The first-order valence-electron chi connectivity index (χ1n) is 6.51. The summed E-state index contributed by atoms with van der Waals surface area (Å²) in [7, 11) is 0. The van der Waals surface area contributed by atoms with Gasteiger partial charge in [-0.2, -0.15) is 0 Å². The predicted octanol–water partition coefficient (Wildman–Crippen LogP) is 3.00. The molecule has 0 bridgehead atoms. The molecule has 100 valence electrons. The summed E-state index contributed by atoms with van der Waals surface area (Å²) >= 11 is 0. The van der Waals surface area contributed by atoms with Gasteiger partial charge in [-0.05, 0) is 22.6 Å². The number of hydrogen-bond acceptors (Lipinski definition) is 3. The van der Waals surface area contributed by atoms with Crippen molar-refractivity contribution in [3.05, 3.63) is 78.1 Å². The minimum Gasteiger partial charge on any atom is -0.385 e. The van der Waals surface area contributed by atoms with Gasteiger partial charge in [-0.3, -0.25) is 4.98 Å². The Bertz CT molecular complexity index is 707. The van der Waals surface area contributed by atoms with Gasteiger partial charge in [0.15, 0.2) is 0 Å². The first-order valence-corrected chi connectivity index (χ1v) is 6.51. The summed E-state index contributed by atoms with van der Waals surface area (Å²) in [6, 6.07) is 16.7. The molecule has 3 nitrogen and oxygen atoms in total. The van der Waals surface area contributed by atoms with Crippen molar-refractivity contribution < 1.29 is 10.2 Å². The molecule has 2 N–H and O–H groups in total. The zero-order chi connectivity index (χ0) is 13.9. The molecule has 0 aliphatic rings. The van der Waals surface area contributed by atoms with Crippen LogP contribution in [0.4, 0.5) is 0 Å². The summed E-state index contributed by atoms with van der Waals surface area (Å²) in [4.78, 5) is 4.10. The van der Waals surface area contributed by atoms with Gasteiger partial charge < -0.3 is 10.2 Å². The second-order valence-corrected chi connectivity index (χ2v) is 4.74. The maximum absolute atomic E-state index is 10.5. The van der Waals surface area contributed by atoms with Gasteiger partial charge in [-0.25, -0.2) is 0 Å². The highest BCUT2D eigenvalue weighted by molar-refractivity contribution is 5.85. The maximum Gasteiger partial charge on any atom is 0.110 e. The third-order valence-electron chi connectivity index (χ3n) is 3.48. The summed E-state index contributed by atoms with van der Waals surface area (Å²) in [6.07, 6.45) is 1.49. The lowest BCUT2D eigenvalue weighted by Crippen LogP contribution is -2.10. The maximum atomic E-state index is 10.5. The molecular weight excluding hydrogens is 250 g/mol. The Morgan fingerprint density at radius 1 is 0.800 bits per heavy atom. The molecule has 0 fully saturated rings. The minimum atomic E-state index is -0.981. The van der Waals surface area contributed by atoms with Gasteiger partial charge in [0.1, 0.15) is 12.2 Å². The van der Waals surface area contributed by atoms with Crippen molar-refractivity contribution in [1.82, 2.24) is 4.98 Å². The molecule has 20 heavy (non-hydrogen) atoms. The standard InChI is InChI=1S/C17H15NO2/c19-16(13-5-2-1-3-6-13)17(20)14-8-4-7-12-9-10-18-11-15(12)14/h1-11,16-17,19-20H. The van der Waals surface area contributed by atoms with E-state index < -0.39 is 12.2 Å². The van der Waals surface area contributed by atoms with Crippen LogP contribution in [0.15, 0.2) is 67.0 Å². The topological polar surface area (TPSA) is 53.4 Å². The molecule has 1 heterocycles. The normalized spacial score (nSPS) is 14.1. The Balaban J connectivity index is 2.03. The fourth-order valence-electron chi connectivity index (χ4n) is 2.40. The number of aliphatic hydroxyl groups excluding tert-OH is 2. The average Bonchev–Trinajstić information content (AvgIpc) is 2.54. The lowest BCUT2D eigenvalue weighted by Gasteiger charge is -2.20. The molecule has 2 unspecified atom stereocenters. The van der Waals surface area contributed by atoms with Crippen molar-refractivity contribution in [3.63, 3.8) is 0 Å². The second kappa shape index (κ2) is 5.41. The van der Waals surface area contributed by atoms with Crippen molar-refractivity contribution in [3.8, 4) is 0 Å². The van der Waals surface area contributed by atoms with Gasteiger partial charge in [-0.1, -0.05) is 48.5 Å². The van der Waals surface area contributed by atoms with Crippen molar-refractivity contribution >= 4 is 10.8 Å². The first kappa shape index (κ1) is 12.8. The number of hydrogen-bond donors (Lipinski definition) is 2. The second-order valence-electron chi connectivity index (χ2n) is 4.74. The van der Waals surface area contributed by atoms with E-state index in [2.05, 4.69) is 4.98 Å². The number of aliphatic hydroxyl groups is 2. The van der Waals surface area contributed by atoms with E-state index in [4.69, 9.17) is 0 Å². The first-order chi connectivity index (χ1) is 9.77. The molecule has 0 aliphatic heterocycles. The quantitative estimate of drug-likeness (QED) is 0.765. The highest BCUT2D eigenvalue weighted by Crippen LogP contribution is 2.32. The molecule has 0 amide bonds. The molecule has 3 rings (SSSR count). The number of nitrogens with zero attached hydrogens (tertiary/aromatic N) is 1. The van der Waals surface area contributed by atoms with Crippen LogP contribution >= 0.6 is 0 Å². The average molecular weight is 265 g/mol. The zero-order valence-electron chi connectivity index (χ0n) is 10.8. The van der Waals surface area contributed by atoms with Gasteiger partial charge >= 0.3 is 0 Å². The van der Waals surface area contributed by atoms with Crippen LogP contribution in [0.3, 0.4) is 0 Å². The van der Waals surface area contributed by atoms with Gasteiger partial charge in [0.2, 0.25) is 0 Å². The van der Waals surface area contributed by atoms with Crippen LogP contribution in [-0.4, -0.2) is 15.2 Å². The highest BCUT2D eigenvalue weighted by atomic mass is 16.3. The van der Waals surface area contributed by atoms with Crippen molar-refractivity contribution in [2.45, 2.75) is 12.2 Å². The number of aromatic nitrogens is 1. The van der Waals surface area contributed by atoms with E-state index in [1.807, 2.05) is 42.5 Å². The summed E-state index contributed by atoms with van der Waals surface area (Å²) in [5, 5.41) is 22.7. The molecule has 2 atom stereocenters. The Morgan fingerprint density at radius 3 is 2.40 bits per heavy atom. The molecule has 2 aromatic carbocycles. The SMILES string of the molecule is OC(c1ccccc1)C(O)c1cccc2ccncc12. The predicted molar refractivity (Wildman–Crippen MR) is 78.1 cm³/mol. The Labute approximate surface area is 117 Å². The fraction of sp³-hybridized carbons (Fsp3) is 0.118. The molecule has 3 heteroatoms. The fourth-order valence-corrected chi connectivity index (χ4v) is 2.40. The third kappa shape index (κ3) is 2.29.